The monoisotopic (exact) mass is 336 g/mol. The van der Waals surface area contributed by atoms with Gasteiger partial charge in [0.15, 0.2) is 0 Å². The summed E-state index contributed by atoms with van der Waals surface area (Å²) in [6, 6.07) is 16.4. The molecule has 0 aliphatic heterocycles. The molecular weight excluding hydrogens is 315 g/mol. The number of aryl methyl sites for hydroxylation is 2. The van der Waals surface area contributed by atoms with Gasteiger partial charge in [0.25, 0.3) is 0 Å². The third-order valence-electron chi connectivity index (χ3n) is 3.81. The summed E-state index contributed by atoms with van der Waals surface area (Å²) in [5.41, 5.74) is 3.73. The Morgan fingerprint density at radius 1 is 1.00 bits per heavy atom. The smallest absolute Gasteiger partial charge is 0.232 e. The third-order valence-corrected chi connectivity index (χ3v) is 3.81. The predicted molar refractivity (Wildman–Crippen MR) is 100 cm³/mol. The quantitative estimate of drug-likeness (QED) is 0.701. The van der Waals surface area contributed by atoms with E-state index in [-0.39, 0.29) is 5.82 Å². The molecule has 0 saturated heterocycles. The third kappa shape index (κ3) is 4.12. The molecule has 0 radical (unpaired) electrons. The van der Waals surface area contributed by atoms with Crippen LogP contribution in [-0.2, 0) is 0 Å². The van der Waals surface area contributed by atoms with Crippen LogP contribution in [0.15, 0.2) is 54.6 Å². The van der Waals surface area contributed by atoms with Gasteiger partial charge in [0.05, 0.1) is 0 Å². The fourth-order valence-corrected chi connectivity index (χ4v) is 2.69. The van der Waals surface area contributed by atoms with Crippen molar-refractivity contribution in [3.05, 3.63) is 71.7 Å². The first-order valence-corrected chi connectivity index (χ1v) is 8.27. The van der Waals surface area contributed by atoms with Gasteiger partial charge in [0.2, 0.25) is 5.95 Å². The molecule has 0 amide bonds. The van der Waals surface area contributed by atoms with Crippen LogP contribution >= 0.6 is 0 Å². The summed E-state index contributed by atoms with van der Waals surface area (Å²) in [6.45, 7) is 6.79. The van der Waals surface area contributed by atoms with E-state index in [9.17, 15) is 4.39 Å². The van der Waals surface area contributed by atoms with Crippen LogP contribution < -0.4 is 10.2 Å². The Morgan fingerprint density at radius 2 is 1.80 bits per heavy atom. The molecule has 4 nitrogen and oxygen atoms in total. The van der Waals surface area contributed by atoms with Crippen molar-refractivity contribution in [3.63, 3.8) is 0 Å². The number of hydrogen-bond acceptors (Lipinski definition) is 4. The van der Waals surface area contributed by atoms with Crippen LogP contribution in [0.3, 0.4) is 0 Å². The predicted octanol–water partition coefficient (Wildman–Crippen LogP) is 5.13. The second kappa shape index (κ2) is 7.30. The van der Waals surface area contributed by atoms with E-state index >= 15 is 0 Å². The van der Waals surface area contributed by atoms with Gasteiger partial charge < -0.3 is 10.2 Å². The Bertz CT molecular complexity index is 879. The maximum atomic E-state index is 13.4. The maximum absolute atomic E-state index is 13.4. The van der Waals surface area contributed by atoms with Crippen molar-refractivity contribution >= 4 is 23.1 Å². The highest BCUT2D eigenvalue weighted by atomic mass is 19.1. The van der Waals surface area contributed by atoms with E-state index in [1.54, 1.807) is 12.1 Å². The molecule has 0 atom stereocenters. The molecule has 0 spiro atoms. The number of halogens is 1. The largest absolute Gasteiger partial charge is 0.340 e. The lowest BCUT2D eigenvalue weighted by Crippen LogP contribution is -2.19. The molecule has 3 rings (SSSR count). The lowest BCUT2D eigenvalue weighted by molar-refractivity contribution is 0.628. The van der Waals surface area contributed by atoms with E-state index in [1.807, 2.05) is 25.1 Å². The Kier molecular flexibility index (Phi) is 4.93. The summed E-state index contributed by atoms with van der Waals surface area (Å²) >= 11 is 0. The molecule has 0 bridgehead atoms. The van der Waals surface area contributed by atoms with Gasteiger partial charge in [-0.05, 0) is 56.7 Å². The van der Waals surface area contributed by atoms with Gasteiger partial charge in [0, 0.05) is 29.7 Å². The Hall–Kier alpha value is -2.95. The molecule has 1 heterocycles. The maximum Gasteiger partial charge on any atom is 0.232 e. The van der Waals surface area contributed by atoms with Crippen LogP contribution in [0, 0.1) is 19.7 Å². The molecule has 3 aromatic rings. The Morgan fingerprint density at radius 3 is 2.52 bits per heavy atom. The summed E-state index contributed by atoms with van der Waals surface area (Å²) in [5, 5.41) is 3.15. The van der Waals surface area contributed by atoms with Crippen molar-refractivity contribution in [2.24, 2.45) is 0 Å². The summed E-state index contributed by atoms with van der Waals surface area (Å²) in [7, 11) is 0. The van der Waals surface area contributed by atoms with E-state index in [4.69, 9.17) is 0 Å². The van der Waals surface area contributed by atoms with Crippen LogP contribution in [-0.4, -0.2) is 16.5 Å². The molecule has 0 fully saturated rings. The van der Waals surface area contributed by atoms with Crippen molar-refractivity contribution in [2.45, 2.75) is 20.8 Å². The molecule has 5 heteroatoms. The van der Waals surface area contributed by atoms with E-state index in [2.05, 4.69) is 46.2 Å². The first-order valence-electron chi connectivity index (χ1n) is 8.27. The zero-order chi connectivity index (χ0) is 17.8. The molecule has 1 aromatic heterocycles. The number of nitrogens with one attached hydrogen (secondary N) is 1. The molecule has 0 aliphatic carbocycles. The summed E-state index contributed by atoms with van der Waals surface area (Å²) in [4.78, 5) is 11.2. The highest BCUT2D eigenvalue weighted by Gasteiger charge is 2.12. The molecular formula is C20H21FN4. The molecule has 0 unspecified atom stereocenters. The highest BCUT2D eigenvalue weighted by Crippen LogP contribution is 2.25. The van der Waals surface area contributed by atoms with Gasteiger partial charge in [0.1, 0.15) is 11.6 Å². The van der Waals surface area contributed by atoms with Gasteiger partial charge in [-0.15, -0.1) is 0 Å². The lowest BCUT2D eigenvalue weighted by Gasteiger charge is -2.22. The minimum Gasteiger partial charge on any atom is -0.340 e. The fourth-order valence-electron chi connectivity index (χ4n) is 2.69. The molecule has 25 heavy (non-hydrogen) atoms. The average molecular weight is 336 g/mol. The van der Waals surface area contributed by atoms with E-state index in [0.717, 1.165) is 17.9 Å². The van der Waals surface area contributed by atoms with Gasteiger partial charge in [-0.3, -0.25) is 0 Å². The van der Waals surface area contributed by atoms with E-state index in [0.29, 0.717) is 17.5 Å². The molecule has 0 aliphatic rings. The first-order chi connectivity index (χ1) is 12.0. The van der Waals surface area contributed by atoms with Gasteiger partial charge in [-0.1, -0.05) is 18.2 Å². The molecule has 0 saturated carbocycles. The number of rotatable bonds is 5. The van der Waals surface area contributed by atoms with Crippen LogP contribution in [0.2, 0.25) is 0 Å². The second-order valence-corrected chi connectivity index (χ2v) is 5.91. The minimum atomic E-state index is -0.286. The lowest BCUT2D eigenvalue weighted by atomic mass is 10.2. The van der Waals surface area contributed by atoms with Crippen LogP contribution in [0.1, 0.15) is 18.2 Å². The summed E-state index contributed by atoms with van der Waals surface area (Å²) in [6.07, 6.45) is 0. The Labute approximate surface area is 147 Å². The highest BCUT2D eigenvalue weighted by molar-refractivity contribution is 5.62. The zero-order valence-corrected chi connectivity index (χ0v) is 14.6. The Balaban J connectivity index is 1.95. The van der Waals surface area contributed by atoms with Crippen molar-refractivity contribution in [2.75, 3.05) is 16.8 Å². The second-order valence-electron chi connectivity index (χ2n) is 5.91. The minimum absolute atomic E-state index is 0.286. The van der Waals surface area contributed by atoms with Crippen LogP contribution in [0.4, 0.5) is 27.5 Å². The van der Waals surface area contributed by atoms with Crippen molar-refractivity contribution in [1.82, 2.24) is 9.97 Å². The molecule has 1 N–H and O–H groups in total. The molecule has 128 valence electrons. The summed E-state index contributed by atoms with van der Waals surface area (Å²) < 4.78 is 13.4. The number of nitrogens with zero attached hydrogens (tertiary/aromatic N) is 3. The number of anilines is 4. The fraction of sp³-hybridized carbons (Fsp3) is 0.200. The van der Waals surface area contributed by atoms with Gasteiger partial charge in [-0.25, -0.2) is 9.37 Å². The van der Waals surface area contributed by atoms with Crippen molar-refractivity contribution in [3.8, 4) is 0 Å². The van der Waals surface area contributed by atoms with Gasteiger partial charge >= 0.3 is 0 Å². The normalized spacial score (nSPS) is 10.6. The summed E-state index contributed by atoms with van der Waals surface area (Å²) in [5.74, 6) is 0.970. The average Bonchev–Trinajstić information content (AvgIpc) is 2.55. The van der Waals surface area contributed by atoms with Crippen LogP contribution in [0.25, 0.3) is 0 Å². The SMILES string of the molecule is CCN(c1cccc(C)c1)c1nc(C)cc(Nc2cccc(F)c2)n1. The molecule has 2 aromatic carbocycles. The van der Waals surface area contributed by atoms with Crippen LogP contribution in [0.5, 0.6) is 0 Å². The standard InChI is InChI=1S/C20H21FN4/c1-4-25(18-10-5-7-14(2)11-18)20-22-15(3)12-19(24-20)23-17-9-6-8-16(21)13-17/h5-13H,4H2,1-3H3,(H,22,23,24). The number of hydrogen-bond donors (Lipinski definition) is 1. The number of aromatic nitrogens is 2. The van der Waals surface area contributed by atoms with E-state index < -0.39 is 0 Å². The van der Waals surface area contributed by atoms with Crippen molar-refractivity contribution in [1.29, 1.82) is 0 Å². The topological polar surface area (TPSA) is 41.1 Å². The van der Waals surface area contributed by atoms with Gasteiger partial charge in [-0.2, -0.15) is 4.98 Å². The zero-order valence-electron chi connectivity index (χ0n) is 14.6. The number of benzene rings is 2. The van der Waals surface area contributed by atoms with E-state index in [1.165, 1.54) is 17.7 Å². The van der Waals surface area contributed by atoms with Crippen molar-refractivity contribution < 1.29 is 4.39 Å². The first kappa shape index (κ1) is 16.9.